The minimum absolute atomic E-state index is 0.408. The summed E-state index contributed by atoms with van der Waals surface area (Å²) in [7, 11) is -0.638. The molecule has 0 aromatic heterocycles. The summed E-state index contributed by atoms with van der Waals surface area (Å²) >= 11 is 0. The highest BCUT2D eigenvalue weighted by Crippen LogP contribution is 2.37. The van der Waals surface area contributed by atoms with Gasteiger partial charge in [-0.25, -0.2) is 0 Å². The number of nitrogens with one attached hydrogen (secondary N) is 1. The Kier molecular flexibility index (Phi) is 6.14. The molecule has 1 N–H and O–H groups in total. The van der Waals surface area contributed by atoms with Gasteiger partial charge in [-0.3, -0.25) is 4.21 Å². The van der Waals surface area contributed by atoms with Crippen LogP contribution in [-0.4, -0.2) is 28.8 Å². The van der Waals surface area contributed by atoms with Gasteiger partial charge < -0.3 is 5.32 Å². The number of hydrogen-bond donors (Lipinski definition) is 1. The van der Waals surface area contributed by atoms with E-state index in [4.69, 9.17) is 0 Å². The van der Waals surface area contributed by atoms with Crippen molar-refractivity contribution in [2.24, 2.45) is 11.3 Å². The normalized spacial score (nSPS) is 28.0. The fourth-order valence-corrected chi connectivity index (χ4v) is 3.53. The highest BCUT2D eigenvalue weighted by atomic mass is 32.2. The van der Waals surface area contributed by atoms with E-state index in [2.05, 4.69) is 26.1 Å². The van der Waals surface area contributed by atoms with E-state index >= 15 is 0 Å². The molecule has 0 bridgehead atoms. The average molecular weight is 259 g/mol. The molecule has 17 heavy (non-hydrogen) atoms. The van der Waals surface area contributed by atoms with Crippen molar-refractivity contribution in [1.82, 2.24) is 5.32 Å². The lowest BCUT2D eigenvalue weighted by Gasteiger charge is -2.41. The molecule has 1 fully saturated rings. The molecule has 102 valence electrons. The van der Waals surface area contributed by atoms with Crippen LogP contribution in [0.4, 0.5) is 0 Å². The zero-order valence-electron chi connectivity index (χ0n) is 11.9. The van der Waals surface area contributed by atoms with Gasteiger partial charge >= 0.3 is 0 Å². The van der Waals surface area contributed by atoms with Gasteiger partial charge in [0, 0.05) is 28.9 Å². The van der Waals surface area contributed by atoms with Crippen molar-refractivity contribution in [2.45, 2.75) is 58.9 Å². The molecule has 1 aliphatic carbocycles. The first-order chi connectivity index (χ1) is 7.91. The van der Waals surface area contributed by atoms with E-state index in [0.29, 0.717) is 11.5 Å². The van der Waals surface area contributed by atoms with Gasteiger partial charge in [0.15, 0.2) is 0 Å². The van der Waals surface area contributed by atoms with Gasteiger partial charge in [-0.05, 0) is 37.1 Å². The van der Waals surface area contributed by atoms with Gasteiger partial charge in [-0.15, -0.1) is 0 Å². The highest BCUT2D eigenvalue weighted by molar-refractivity contribution is 7.84. The monoisotopic (exact) mass is 259 g/mol. The summed E-state index contributed by atoms with van der Waals surface area (Å²) in [6, 6.07) is 0.675. The number of rotatable bonds is 5. The van der Waals surface area contributed by atoms with Crippen molar-refractivity contribution >= 4 is 10.8 Å². The third kappa shape index (κ3) is 5.52. The van der Waals surface area contributed by atoms with Crippen molar-refractivity contribution in [3.05, 3.63) is 0 Å². The summed E-state index contributed by atoms with van der Waals surface area (Å²) in [4.78, 5) is 0. The van der Waals surface area contributed by atoms with Gasteiger partial charge in [-0.1, -0.05) is 33.6 Å². The van der Waals surface area contributed by atoms with Gasteiger partial charge in [0.1, 0.15) is 0 Å². The molecule has 0 heterocycles. The fraction of sp³-hybridized carbons (Fsp3) is 1.00. The third-order valence-corrected chi connectivity index (χ3v) is 4.76. The van der Waals surface area contributed by atoms with Crippen LogP contribution in [0.2, 0.25) is 0 Å². The second-order valence-electron chi connectivity index (χ2n) is 6.45. The molecule has 0 aliphatic heterocycles. The molecule has 0 spiro atoms. The Hall–Kier alpha value is 0.110. The minimum atomic E-state index is -0.638. The molecule has 0 amide bonds. The van der Waals surface area contributed by atoms with Crippen LogP contribution in [0.25, 0.3) is 0 Å². The second-order valence-corrected chi connectivity index (χ2v) is 8.00. The number of hydrogen-bond acceptors (Lipinski definition) is 2. The quantitative estimate of drug-likeness (QED) is 0.769. The summed E-state index contributed by atoms with van der Waals surface area (Å²) in [6.07, 6.45) is 8.26. The molecule has 3 unspecified atom stereocenters. The molecule has 2 nitrogen and oxygen atoms in total. The molecule has 1 aliphatic rings. The van der Waals surface area contributed by atoms with Crippen molar-refractivity contribution < 1.29 is 4.21 Å². The SMILES string of the molecule is CS(=O)CCCNC1CCCCC1C(C)(C)C. The zero-order valence-corrected chi connectivity index (χ0v) is 12.7. The smallest absolute Gasteiger partial charge is 0.0244 e. The van der Waals surface area contributed by atoms with Crippen LogP contribution in [0.15, 0.2) is 0 Å². The molecular formula is C14H29NOS. The molecule has 3 atom stereocenters. The summed E-state index contributed by atoms with van der Waals surface area (Å²) in [5, 5.41) is 3.70. The van der Waals surface area contributed by atoms with E-state index in [1.807, 2.05) is 0 Å². The summed E-state index contributed by atoms with van der Waals surface area (Å²) in [6.45, 7) is 8.10. The Labute approximate surface area is 109 Å². The lowest BCUT2D eigenvalue weighted by atomic mass is 9.69. The summed E-state index contributed by atoms with van der Waals surface area (Å²) in [5.41, 5.74) is 0.408. The van der Waals surface area contributed by atoms with Crippen LogP contribution in [-0.2, 0) is 10.8 Å². The van der Waals surface area contributed by atoms with Crippen LogP contribution >= 0.6 is 0 Å². The van der Waals surface area contributed by atoms with Crippen molar-refractivity contribution in [3.63, 3.8) is 0 Å². The van der Waals surface area contributed by atoms with Crippen LogP contribution in [0.5, 0.6) is 0 Å². The maximum atomic E-state index is 11.0. The predicted octanol–water partition coefficient (Wildman–Crippen LogP) is 2.95. The molecule has 1 rings (SSSR count). The Morgan fingerprint density at radius 1 is 1.24 bits per heavy atom. The van der Waals surface area contributed by atoms with Gasteiger partial charge in [0.2, 0.25) is 0 Å². The Balaban J connectivity index is 2.35. The second kappa shape index (κ2) is 6.89. The van der Waals surface area contributed by atoms with E-state index in [1.165, 1.54) is 25.7 Å². The molecule has 3 heteroatoms. The molecular weight excluding hydrogens is 230 g/mol. The first-order valence-electron chi connectivity index (χ1n) is 6.94. The highest BCUT2D eigenvalue weighted by Gasteiger charge is 2.33. The van der Waals surface area contributed by atoms with E-state index in [9.17, 15) is 4.21 Å². The van der Waals surface area contributed by atoms with Crippen LogP contribution in [0, 0.1) is 11.3 Å². The first kappa shape index (κ1) is 15.2. The lowest BCUT2D eigenvalue weighted by Crippen LogP contribution is -2.44. The molecule has 0 saturated heterocycles. The Morgan fingerprint density at radius 3 is 2.47 bits per heavy atom. The molecule has 0 aromatic carbocycles. The van der Waals surface area contributed by atoms with E-state index < -0.39 is 10.8 Å². The third-order valence-electron chi connectivity index (χ3n) is 3.89. The van der Waals surface area contributed by atoms with Gasteiger partial charge in [0.05, 0.1) is 0 Å². The summed E-state index contributed by atoms with van der Waals surface area (Å²) in [5.74, 6) is 1.63. The topological polar surface area (TPSA) is 29.1 Å². The van der Waals surface area contributed by atoms with Gasteiger partial charge in [-0.2, -0.15) is 0 Å². The molecule has 0 aromatic rings. The van der Waals surface area contributed by atoms with E-state index in [0.717, 1.165) is 24.6 Å². The van der Waals surface area contributed by atoms with Crippen molar-refractivity contribution in [2.75, 3.05) is 18.6 Å². The Bertz CT molecular complexity index is 247. The maximum absolute atomic E-state index is 11.0. The van der Waals surface area contributed by atoms with Crippen molar-refractivity contribution in [1.29, 1.82) is 0 Å². The van der Waals surface area contributed by atoms with Crippen LogP contribution < -0.4 is 5.32 Å². The average Bonchev–Trinajstić information content (AvgIpc) is 2.23. The summed E-state index contributed by atoms with van der Waals surface area (Å²) < 4.78 is 11.0. The van der Waals surface area contributed by atoms with Crippen molar-refractivity contribution in [3.8, 4) is 0 Å². The lowest BCUT2D eigenvalue weighted by molar-refractivity contribution is 0.131. The van der Waals surface area contributed by atoms with Crippen LogP contribution in [0.1, 0.15) is 52.9 Å². The zero-order chi connectivity index (χ0) is 12.9. The minimum Gasteiger partial charge on any atom is -0.314 e. The Morgan fingerprint density at radius 2 is 1.88 bits per heavy atom. The largest absolute Gasteiger partial charge is 0.314 e. The fourth-order valence-electron chi connectivity index (χ4n) is 2.97. The van der Waals surface area contributed by atoms with E-state index in [-0.39, 0.29) is 0 Å². The predicted molar refractivity (Wildman–Crippen MR) is 76.8 cm³/mol. The molecule has 0 radical (unpaired) electrons. The maximum Gasteiger partial charge on any atom is 0.0244 e. The van der Waals surface area contributed by atoms with Gasteiger partial charge in [0.25, 0.3) is 0 Å². The standard InChI is InChI=1S/C14H29NOS/c1-14(2,3)12-8-5-6-9-13(12)15-10-7-11-17(4)16/h12-13,15H,5-11H2,1-4H3. The molecule has 1 saturated carbocycles. The first-order valence-corrected chi connectivity index (χ1v) is 8.67. The van der Waals surface area contributed by atoms with E-state index in [1.54, 1.807) is 6.26 Å². The van der Waals surface area contributed by atoms with Crippen LogP contribution in [0.3, 0.4) is 0 Å².